The highest BCUT2D eigenvalue weighted by molar-refractivity contribution is 4.33. The minimum absolute atomic E-state index is 0.528. The number of rotatable bonds is 1. The second kappa shape index (κ2) is 2.80. The normalized spacial score (nSPS) is 6.50. The number of halogens is 1. The van der Waals surface area contributed by atoms with Crippen molar-refractivity contribution in [2.45, 2.75) is 13.3 Å². The summed E-state index contributed by atoms with van der Waals surface area (Å²) in [5, 5.41) is 0. The van der Waals surface area contributed by atoms with Gasteiger partial charge in [0, 0.05) is 0 Å². The highest BCUT2D eigenvalue weighted by Crippen LogP contribution is 1.79. The zero-order valence-corrected chi connectivity index (χ0v) is 2.66. The van der Waals surface area contributed by atoms with Crippen molar-refractivity contribution in [1.29, 1.82) is 0 Å². The van der Waals surface area contributed by atoms with E-state index in [1.807, 2.05) is 0 Å². The Morgan fingerprint density at radius 2 is 2.25 bits per heavy atom. The molecule has 0 aliphatic heterocycles. The first-order valence-electron chi connectivity index (χ1n) is 1.33. The van der Waals surface area contributed by atoms with Crippen molar-refractivity contribution in [2.75, 3.05) is 0 Å². The summed E-state index contributed by atoms with van der Waals surface area (Å²) in [7, 11) is 0. The van der Waals surface area contributed by atoms with Gasteiger partial charge in [-0.3, -0.25) is 0 Å². The van der Waals surface area contributed by atoms with E-state index in [-0.39, 0.29) is 0 Å². The van der Waals surface area contributed by atoms with E-state index < -0.39 is 0 Å². The lowest BCUT2D eigenvalue weighted by Gasteiger charge is -1.48. The van der Waals surface area contributed by atoms with E-state index in [0.717, 1.165) is 0 Å². The topological polar surface area (TPSA) is 0 Å². The predicted molar refractivity (Wildman–Crippen MR) is 15.7 cm³/mol. The van der Waals surface area contributed by atoms with Crippen molar-refractivity contribution < 1.29 is 4.39 Å². The number of hydrogen-bond acceptors (Lipinski definition) is 0. The third-order valence-electron chi connectivity index (χ3n) is 0.154. The van der Waals surface area contributed by atoms with Gasteiger partial charge >= 0.3 is 0 Å². The molecule has 1 heteroatoms. The fourth-order valence-electron chi connectivity index (χ4n) is 0. The Bertz CT molecular complexity index is 5.25. The molecule has 0 unspecified atom stereocenters. The van der Waals surface area contributed by atoms with Crippen LogP contribution in [0.2, 0.25) is 0 Å². The Kier molecular flexibility index (Phi) is 2.66. The SMILES string of the molecule is CC[CH+]F. The average molecular weight is 61.1 g/mol. The summed E-state index contributed by atoms with van der Waals surface area (Å²) < 4.78 is 10.6. The van der Waals surface area contributed by atoms with Crippen LogP contribution in [0.25, 0.3) is 0 Å². The number of hydrogen-bond donors (Lipinski definition) is 0. The summed E-state index contributed by atoms with van der Waals surface area (Å²) in [4.78, 5) is 0. The lowest BCUT2D eigenvalue weighted by molar-refractivity contribution is 0.591. The summed E-state index contributed by atoms with van der Waals surface area (Å²) in [6.07, 6.45) is 0.528. The van der Waals surface area contributed by atoms with E-state index in [2.05, 4.69) is 0 Å². The molecule has 0 heterocycles. The van der Waals surface area contributed by atoms with Gasteiger partial charge in [0.15, 0.2) is 0 Å². The molecule has 0 radical (unpaired) electrons. The summed E-state index contributed by atoms with van der Waals surface area (Å²) in [5.41, 5.74) is 0. The molecule has 4 heavy (non-hydrogen) atoms. The Balaban J connectivity index is 1.97. The Morgan fingerprint density at radius 1 is 2.00 bits per heavy atom. The van der Waals surface area contributed by atoms with Gasteiger partial charge < -0.3 is 0 Å². The molecule has 0 amide bonds. The molecule has 0 aromatic rings. The molecule has 0 rings (SSSR count). The molecule has 0 atom stereocenters. The van der Waals surface area contributed by atoms with Gasteiger partial charge in [-0.05, 0) is 11.3 Å². The molecule has 0 aliphatic rings. The Labute approximate surface area is 25.6 Å². The molecule has 0 aromatic carbocycles. The van der Waals surface area contributed by atoms with Gasteiger partial charge in [0.05, 0.1) is 0 Å². The summed E-state index contributed by atoms with van der Waals surface area (Å²) >= 11 is 0. The first-order chi connectivity index (χ1) is 1.91. The maximum absolute atomic E-state index is 10.6. The largest absolute Gasteiger partial charge is 0.285 e. The van der Waals surface area contributed by atoms with E-state index in [1.165, 1.54) is 0 Å². The standard InChI is InChI=1S/C3H6F/c1-2-3-4/h3H,2H2,1H3/q+1. The van der Waals surface area contributed by atoms with Gasteiger partial charge in [0.25, 0.3) is 6.67 Å². The molecule has 0 bridgehead atoms. The van der Waals surface area contributed by atoms with Crippen molar-refractivity contribution in [2.24, 2.45) is 0 Å². The van der Waals surface area contributed by atoms with Crippen LogP contribution in [0.15, 0.2) is 0 Å². The van der Waals surface area contributed by atoms with Gasteiger partial charge in [-0.2, -0.15) is 0 Å². The molecule has 0 saturated carbocycles. The Hall–Kier alpha value is -0.200. The smallest absolute Gasteiger partial charge is 0.0208 e. The second-order valence-corrected chi connectivity index (χ2v) is 0.563. The third-order valence-corrected chi connectivity index (χ3v) is 0.154. The Morgan fingerprint density at radius 3 is 2.25 bits per heavy atom. The van der Waals surface area contributed by atoms with Gasteiger partial charge in [-0.25, -0.2) is 0 Å². The maximum atomic E-state index is 10.6. The quantitative estimate of drug-likeness (QED) is 0.403. The van der Waals surface area contributed by atoms with Crippen molar-refractivity contribution in [3.05, 3.63) is 6.67 Å². The zero-order valence-electron chi connectivity index (χ0n) is 2.66. The third kappa shape index (κ3) is 1.80. The van der Waals surface area contributed by atoms with E-state index in [0.29, 0.717) is 13.1 Å². The van der Waals surface area contributed by atoms with Crippen molar-refractivity contribution >= 4 is 0 Å². The minimum Gasteiger partial charge on any atom is -0.0208 e. The van der Waals surface area contributed by atoms with E-state index in [9.17, 15) is 4.39 Å². The molecular formula is C3H6F+. The average Bonchev–Trinajstić information content (AvgIpc) is 1.37. The molecule has 0 aromatic heterocycles. The van der Waals surface area contributed by atoms with Crippen molar-refractivity contribution in [3.8, 4) is 0 Å². The summed E-state index contributed by atoms with van der Waals surface area (Å²) in [6, 6.07) is 0. The predicted octanol–water partition coefficient (Wildman–Crippen LogP) is 1.53. The van der Waals surface area contributed by atoms with Crippen molar-refractivity contribution in [1.82, 2.24) is 0 Å². The van der Waals surface area contributed by atoms with Crippen LogP contribution in [-0.2, 0) is 0 Å². The van der Waals surface area contributed by atoms with Crippen LogP contribution in [0.5, 0.6) is 0 Å². The highest BCUT2D eigenvalue weighted by Gasteiger charge is 1.77. The summed E-state index contributed by atoms with van der Waals surface area (Å²) in [6.45, 7) is 2.38. The molecule has 0 aliphatic carbocycles. The maximum Gasteiger partial charge on any atom is 0.285 e. The second-order valence-electron chi connectivity index (χ2n) is 0.563. The van der Waals surface area contributed by atoms with Gasteiger partial charge in [0.2, 0.25) is 0 Å². The van der Waals surface area contributed by atoms with Crippen LogP contribution in [0.4, 0.5) is 4.39 Å². The molecule has 0 fully saturated rings. The van der Waals surface area contributed by atoms with Crippen LogP contribution < -0.4 is 0 Å². The van der Waals surface area contributed by atoms with Crippen LogP contribution in [0.3, 0.4) is 0 Å². The molecular weight excluding hydrogens is 55.0 g/mol. The van der Waals surface area contributed by atoms with E-state index >= 15 is 0 Å². The first kappa shape index (κ1) is 3.80. The van der Waals surface area contributed by atoms with E-state index in [1.54, 1.807) is 6.92 Å². The fraction of sp³-hybridized carbons (Fsp3) is 0.667. The van der Waals surface area contributed by atoms with Gasteiger partial charge in [-0.15, -0.1) is 0 Å². The highest BCUT2D eigenvalue weighted by atomic mass is 19.1. The minimum atomic E-state index is 0.528. The van der Waals surface area contributed by atoms with Gasteiger partial charge in [-0.1, -0.05) is 0 Å². The first-order valence-corrected chi connectivity index (χ1v) is 1.33. The van der Waals surface area contributed by atoms with Crippen molar-refractivity contribution in [3.63, 3.8) is 0 Å². The molecule has 0 nitrogen and oxygen atoms in total. The van der Waals surface area contributed by atoms with Gasteiger partial charge in [0.1, 0.15) is 6.42 Å². The monoisotopic (exact) mass is 61.0 g/mol. The lowest BCUT2D eigenvalue weighted by Crippen LogP contribution is -1.46. The van der Waals surface area contributed by atoms with Crippen LogP contribution >= 0.6 is 0 Å². The van der Waals surface area contributed by atoms with Crippen LogP contribution in [0, 0.1) is 6.67 Å². The molecule has 0 spiro atoms. The molecule has 0 saturated heterocycles. The van der Waals surface area contributed by atoms with E-state index in [4.69, 9.17) is 0 Å². The fourth-order valence-corrected chi connectivity index (χ4v) is 0. The summed E-state index contributed by atoms with van der Waals surface area (Å²) in [5.74, 6) is 0. The van der Waals surface area contributed by atoms with Crippen LogP contribution in [-0.4, -0.2) is 0 Å². The van der Waals surface area contributed by atoms with Crippen LogP contribution in [0.1, 0.15) is 13.3 Å². The molecule has 0 N–H and O–H groups in total. The zero-order chi connectivity index (χ0) is 3.41. The lowest BCUT2D eigenvalue weighted by atomic mass is 10.6. The molecule has 24 valence electrons.